The van der Waals surface area contributed by atoms with Gasteiger partial charge in [0.05, 0.1) is 0 Å². The minimum Gasteiger partial charge on any atom is -0.462 e. The highest BCUT2D eigenvalue weighted by Gasteiger charge is 2.19. The fourth-order valence-corrected chi connectivity index (χ4v) is 7.78. The maximum atomic E-state index is 12.9. The smallest absolute Gasteiger partial charge is 0.306 e. The van der Waals surface area contributed by atoms with Gasteiger partial charge in [-0.1, -0.05) is 246 Å². The Bertz CT molecular complexity index is 1380. The summed E-state index contributed by atoms with van der Waals surface area (Å²) in [6.07, 6.45) is 75.4. The maximum Gasteiger partial charge on any atom is 0.306 e. The van der Waals surface area contributed by atoms with Crippen LogP contribution in [0.4, 0.5) is 0 Å². The van der Waals surface area contributed by atoms with E-state index < -0.39 is 6.10 Å². The molecule has 0 spiro atoms. The Labute approximate surface area is 426 Å². The van der Waals surface area contributed by atoms with Crippen molar-refractivity contribution in [1.82, 2.24) is 0 Å². The van der Waals surface area contributed by atoms with Gasteiger partial charge in [0.15, 0.2) is 6.10 Å². The Hall–Kier alpha value is -3.67. The summed E-state index contributed by atoms with van der Waals surface area (Å²) < 4.78 is 16.8. The topological polar surface area (TPSA) is 78.9 Å². The molecule has 0 bridgehead atoms. The summed E-state index contributed by atoms with van der Waals surface area (Å²) in [4.78, 5) is 38.1. The van der Waals surface area contributed by atoms with Crippen molar-refractivity contribution in [3.05, 3.63) is 97.2 Å². The lowest BCUT2D eigenvalue weighted by Crippen LogP contribution is -2.30. The number of rotatable bonds is 51. The number of esters is 3. The summed E-state index contributed by atoms with van der Waals surface area (Å²) in [7, 11) is 0. The van der Waals surface area contributed by atoms with Gasteiger partial charge in [-0.05, 0) is 96.3 Å². The summed E-state index contributed by atoms with van der Waals surface area (Å²) in [6, 6.07) is 0. The van der Waals surface area contributed by atoms with Crippen LogP contribution in [0.2, 0.25) is 0 Å². The number of carbonyl (C=O) groups is 3. The maximum absolute atomic E-state index is 12.9. The number of allylic oxidation sites excluding steroid dienone is 16. The van der Waals surface area contributed by atoms with E-state index in [0.717, 1.165) is 103 Å². The number of carbonyl (C=O) groups excluding carboxylic acids is 3. The molecule has 0 aromatic rings. The molecule has 69 heavy (non-hydrogen) atoms. The zero-order valence-corrected chi connectivity index (χ0v) is 45.0. The Kier molecular flexibility index (Phi) is 53.9. The standard InChI is InChI=1S/C63H106O6/c1-4-7-10-13-16-19-22-25-28-31-34-37-40-43-46-49-52-55-61(64)67-58-60(69-63(66)57-54-51-48-45-42-39-36-33-30-27-24-21-18-15-12-9-6-3)59-68-62(65)56-53-50-47-44-41-38-35-32-29-26-23-20-17-14-11-8-5-2/h7,10,16,18-19,21,25,27-28,30,34,36-37,39,43,46,60H,4-6,8-9,11-15,17,20,22-24,26,29,31-33,35,38,40-42,44-45,47-59H2,1-3H3/b10-7+,19-16+,21-18+,28-25+,30-27+,37-34+,39-36+,46-43+/t60-/m0/s1. The van der Waals surface area contributed by atoms with Gasteiger partial charge in [0, 0.05) is 19.3 Å². The van der Waals surface area contributed by atoms with E-state index in [4.69, 9.17) is 14.2 Å². The molecule has 0 aromatic heterocycles. The summed E-state index contributed by atoms with van der Waals surface area (Å²) in [6.45, 7) is 6.45. The van der Waals surface area contributed by atoms with Gasteiger partial charge in [-0.15, -0.1) is 0 Å². The third kappa shape index (κ3) is 55.1. The van der Waals surface area contributed by atoms with E-state index in [1.165, 1.54) is 116 Å². The van der Waals surface area contributed by atoms with Crippen LogP contribution in [-0.2, 0) is 28.6 Å². The van der Waals surface area contributed by atoms with Crippen LogP contribution in [0.3, 0.4) is 0 Å². The van der Waals surface area contributed by atoms with E-state index in [0.29, 0.717) is 19.3 Å². The second-order valence-electron chi connectivity index (χ2n) is 18.8. The Morgan fingerprint density at radius 2 is 0.580 bits per heavy atom. The van der Waals surface area contributed by atoms with Crippen LogP contribution in [0.1, 0.15) is 265 Å². The van der Waals surface area contributed by atoms with Gasteiger partial charge in [-0.2, -0.15) is 0 Å². The molecule has 0 fully saturated rings. The van der Waals surface area contributed by atoms with Crippen LogP contribution < -0.4 is 0 Å². The second kappa shape index (κ2) is 56.9. The summed E-state index contributed by atoms with van der Waals surface area (Å²) in [5.41, 5.74) is 0. The molecule has 0 aromatic carbocycles. The molecule has 0 radical (unpaired) electrons. The fourth-order valence-electron chi connectivity index (χ4n) is 7.78. The SMILES string of the molecule is CC/C=C/C/C=C/C/C=C/C/C=C/C/C=C/CCCC(=O)OC[C@@H](COC(=O)CCCCCCCCCCCCCCCCCCC)OC(=O)CCCCCC/C=C/C/C=C/C/C=C/CCCCC. The first kappa shape index (κ1) is 65.3. The minimum absolute atomic E-state index is 0.103. The Morgan fingerprint density at radius 3 is 0.971 bits per heavy atom. The summed E-state index contributed by atoms with van der Waals surface area (Å²) >= 11 is 0. The lowest BCUT2D eigenvalue weighted by molar-refractivity contribution is -0.167. The average Bonchev–Trinajstić information content (AvgIpc) is 3.35. The normalized spacial score (nSPS) is 12.8. The lowest BCUT2D eigenvalue weighted by Gasteiger charge is -2.18. The Balaban J connectivity index is 4.50. The highest BCUT2D eigenvalue weighted by Crippen LogP contribution is 2.15. The first-order chi connectivity index (χ1) is 34.0. The van der Waals surface area contributed by atoms with Crippen LogP contribution in [0.15, 0.2) is 97.2 Å². The molecule has 0 unspecified atom stereocenters. The molecule has 0 aliphatic rings. The fraction of sp³-hybridized carbons (Fsp3) is 0.698. The number of hydrogen-bond donors (Lipinski definition) is 0. The van der Waals surface area contributed by atoms with Crippen molar-refractivity contribution in [3.63, 3.8) is 0 Å². The largest absolute Gasteiger partial charge is 0.462 e. The first-order valence-corrected chi connectivity index (χ1v) is 28.7. The number of ether oxygens (including phenoxy) is 3. The van der Waals surface area contributed by atoms with Crippen molar-refractivity contribution in [2.45, 2.75) is 271 Å². The van der Waals surface area contributed by atoms with Crippen LogP contribution in [-0.4, -0.2) is 37.2 Å². The molecule has 0 rings (SSSR count). The molecule has 6 heteroatoms. The third-order valence-electron chi connectivity index (χ3n) is 12.1. The molecule has 0 saturated carbocycles. The lowest BCUT2D eigenvalue weighted by atomic mass is 10.0. The molecule has 0 N–H and O–H groups in total. The van der Waals surface area contributed by atoms with Crippen molar-refractivity contribution in [3.8, 4) is 0 Å². The Morgan fingerprint density at radius 1 is 0.304 bits per heavy atom. The zero-order valence-electron chi connectivity index (χ0n) is 45.0. The number of hydrogen-bond acceptors (Lipinski definition) is 6. The minimum atomic E-state index is -0.812. The third-order valence-corrected chi connectivity index (χ3v) is 12.1. The van der Waals surface area contributed by atoms with Crippen molar-refractivity contribution >= 4 is 17.9 Å². The first-order valence-electron chi connectivity index (χ1n) is 28.7. The average molecular weight is 960 g/mol. The van der Waals surface area contributed by atoms with Crippen LogP contribution in [0.5, 0.6) is 0 Å². The predicted molar refractivity (Wildman–Crippen MR) is 297 cm³/mol. The molecule has 394 valence electrons. The van der Waals surface area contributed by atoms with E-state index >= 15 is 0 Å². The van der Waals surface area contributed by atoms with Gasteiger partial charge in [0.25, 0.3) is 0 Å². The second-order valence-corrected chi connectivity index (χ2v) is 18.8. The van der Waals surface area contributed by atoms with Gasteiger partial charge in [0.1, 0.15) is 13.2 Å². The molecule has 1 atom stereocenters. The molecular formula is C63H106O6. The van der Waals surface area contributed by atoms with Crippen molar-refractivity contribution in [2.24, 2.45) is 0 Å². The molecule has 0 heterocycles. The van der Waals surface area contributed by atoms with E-state index in [1.807, 2.05) is 0 Å². The van der Waals surface area contributed by atoms with E-state index in [2.05, 4.69) is 118 Å². The molecular weight excluding hydrogens is 853 g/mol. The van der Waals surface area contributed by atoms with Gasteiger partial charge in [0.2, 0.25) is 0 Å². The van der Waals surface area contributed by atoms with Gasteiger partial charge >= 0.3 is 17.9 Å². The van der Waals surface area contributed by atoms with Gasteiger partial charge in [-0.3, -0.25) is 14.4 Å². The van der Waals surface area contributed by atoms with Crippen molar-refractivity contribution in [1.29, 1.82) is 0 Å². The molecule has 6 nitrogen and oxygen atoms in total. The summed E-state index contributed by atoms with van der Waals surface area (Å²) in [5.74, 6) is -0.981. The van der Waals surface area contributed by atoms with E-state index in [1.54, 1.807) is 0 Å². The van der Waals surface area contributed by atoms with Crippen LogP contribution in [0.25, 0.3) is 0 Å². The highest BCUT2D eigenvalue weighted by molar-refractivity contribution is 5.71. The predicted octanol–water partition coefficient (Wildman–Crippen LogP) is 19.3. The quantitative estimate of drug-likeness (QED) is 0.0262. The van der Waals surface area contributed by atoms with E-state index in [-0.39, 0.29) is 37.5 Å². The highest BCUT2D eigenvalue weighted by atomic mass is 16.6. The molecule has 0 aliphatic heterocycles. The number of unbranched alkanes of at least 4 members (excludes halogenated alkanes) is 24. The van der Waals surface area contributed by atoms with Gasteiger partial charge < -0.3 is 14.2 Å². The molecule has 0 aliphatic carbocycles. The monoisotopic (exact) mass is 959 g/mol. The van der Waals surface area contributed by atoms with Gasteiger partial charge in [-0.25, -0.2) is 0 Å². The summed E-state index contributed by atoms with van der Waals surface area (Å²) in [5, 5.41) is 0. The van der Waals surface area contributed by atoms with Crippen LogP contribution >= 0.6 is 0 Å². The zero-order chi connectivity index (χ0) is 50.0. The van der Waals surface area contributed by atoms with Crippen molar-refractivity contribution < 1.29 is 28.6 Å². The molecule has 0 amide bonds. The van der Waals surface area contributed by atoms with Crippen LogP contribution in [0, 0.1) is 0 Å². The van der Waals surface area contributed by atoms with Crippen molar-refractivity contribution in [2.75, 3.05) is 13.2 Å². The molecule has 0 saturated heterocycles. The van der Waals surface area contributed by atoms with E-state index in [9.17, 15) is 14.4 Å².